The second-order valence-electron chi connectivity index (χ2n) is 5.68. The van der Waals surface area contributed by atoms with E-state index in [-0.39, 0.29) is 11.7 Å². The van der Waals surface area contributed by atoms with Crippen molar-refractivity contribution in [2.24, 2.45) is 11.7 Å². The van der Waals surface area contributed by atoms with Crippen LogP contribution in [0.3, 0.4) is 0 Å². The molecule has 4 N–H and O–H groups in total. The molecule has 0 spiro atoms. The largest absolute Gasteiger partial charge is 0.489 e. The third-order valence-corrected chi connectivity index (χ3v) is 5.01. The van der Waals surface area contributed by atoms with Gasteiger partial charge in [-0.1, -0.05) is 0 Å². The molecule has 140 valence electrons. The van der Waals surface area contributed by atoms with Gasteiger partial charge in [0, 0.05) is 12.5 Å². The molecule has 7 nitrogen and oxygen atoms in total. The first-order valence-corrected chi connectivity index (χ1v) is 9.06. The summed E-state index contributed by atoms with van der Waals surface area (Å²) in [6, 6.07) is 2.77. The Hall–Kier alpha value is -2.01. The number of benzene rings is 1. The topological polar surface area (TPSA) is 111 Å². The van der Waals surface area contributed by atoms with Crippen molar-refractivity contribution in [1.29, 1.82) is 0 Å². The Morgan fingerprint density at radius 2 is 2.00 bits per heavy atom. The number of urea groups is 1. The second-order valence-corrected chi connectivity index (χ2v) is 7.45. The van der Waals surface area contributed by atoms with Crippen LogP contribution in [-0.4, -0.2) is 39.4 Å². The third kappa shape index (κ3) is 5.78. The van der Waals surface area contributed by atoms with E-state index in [2.05, 4.69) is 5.32 Å². The van der Waals surface area contributed by atoms with Crippen molar-refractivity contribution in [3.05, 3.63) is 29.8 Å². The highest BCUT2D eigenvalue weighted by Crippen LogP contribution is 2.31. The van der Waals surface area contributed by atoms with Crippen molar-refractivity contribution in [2.75, 3.05) is 18.8 Å². The Balaban J connectivity index is 2.14. The quantitative estimate of drug-likeness (QED) is 0.683. The minimum atomic E-state index is -4.47. The molecule has 1 fully saturated rings. The van der Waals surface area contributed by atoms with Crippen LogP contribution in [0.15, 0.2) is 24.3 Å². The fourth-order valence-corrected chi connectivity index (χ4v) is 3.73. The standard InChI is InChI=1S/C14H18F3N3O4S/c15-14(16,17)10-1-3-11(4-2-10)24-12(9-5-6-19-7-9)8-25(22,23)20-13(18)21/h1-4,9,12,19H,5-8H2,(H3,18,20,21)/t9?,12-/m1/s1. The number of alkyl halides is 3. The summed E-state index contributed by atoms with van der Waals surface area (Å²) in [6.07, 6.45) is -4.68. The highest BCUT2D eigenvalue weighted by Gasteiger charge is 2.33. The molecular weight excluding hydrogens is 363 g/mol. The summed E-state index contributed by atoms with van der Waals surface area (Å²) in [5.41, 5.74) is 4.00. The number of halogens is 3. The van der Waals surface area contributed by atoms with Crippen molar-refractivity contribution >= 4 is 16.1 Å². The average molecular weight is 381 g/mol. The van der Waals surface area contributed by atoms with Gasteiger partial charge in [0.15, 0.2) is 0 Å². The molecule has 1 saturated heterocycles. The lowest BCUT2D eigenvalue weighted by Gasteiger charge is -2.24. The van der Waals surface area contributed by atoms with Gasteiger partial charge in [-0.3, -0.25) is 0 Å². The van der Waals surface area contributed by atoms with Crippen molar-refractivity contribution in [3.63, 3.8) is 0 Å². The fourth-order valence-electron chi connectivity index (χ4n) is 2.57. The Morgan fingerprint density at radius 3 is 2.48 bits per heavy atom. The van der Waals surface area contributed by atoms with E-state index >= 15 is 0 Å². The maximum absolute atomic E-state index is 12.6. The van der Waals surface area contributed by atoms with Crippen molar-refractivity contribution < 1.29 is 31.1 Å². The predicted molar refractivity (Wildman–Crippen MR) is 83.3 cm³/mol. The molecule has 1 aliphatic rings. The summed E-state index contributed by atoms with van der Waals surface area (Å²) >= 11 is 0. The molecule has 0 radical (unpaired) electrons. The van der Waals surface area contributed by atoms with Crippen LogP contribution in [0.25, 0.3) is 0 Å². The zero-order chi connectivity index (χ0) is 18.7. The van der Waals surface area contributed by atoms with Gasteiger partial charge >= 0.3 is 12.2 Å². The summed E-state index contributed by atoms with van der Waals surface area (Å²) in [7, 11) is -4.03. The van der Waals surface area contributed by atoms with E-state index in [1.54, 1.807) is 4.72 Å². The number of carbonyl (C=O) groups is 1. The number of ether oxygens (including phenoxy) is 1. The normalized spacial score (nSPS) is 19.4. The number of carbonyl (C=O) groups excluding carboxylic acids is 1. The highest BCUT2D eigenvalue weighted by molar-refractivity contribution is 7.90. The van der Waals surface area contributed by atoms with Gasteiger partial charge in [-0.15, -0.1) is 0 Å². The monoisotopic (exact) mass is 381 g/mol. The van der Waals surface area contributed by atoms with E-state index < -0.39 is 39.7 Å². The van der Waals surface area contributed by atoms with Gasteiger partial charge in [0.2, 0.25) is 10.0 Å². The Kier molecular flexibility index (Phi) is 5.78. The highest BCUT2D eigenvalue weighted by atomic mass is 32.2. The first kappa shape index (κ1) is 19.3. The number of hydrogen-bond acceptors (Lipinski definition) is 5. The summed E-state index contributed by atoms with van der Waals surface area (Å²) < 4.78 is 68.9. The summed E-state index contributed by atoms with van der Waals surface area (Å²) in [5, 5.41) is 3.06. The van der Waals surface area contributed by atoms with E-state index in [1.165, 1.54) is 0 Å². The molecule has 2 amide bonds. The van der Waals surface area contributed by atoms with Gasteiger partial charge < -0.3 is 15.8 Å². The van der Waals surface area contributed by atoms with Crippen LogP contribution in [0.1, 0.15) is 12.0 Å². The van der Waals surface area contributed by atoms with Gasteiger partial charge in [0.05, 0.1) is 5.56 Å². The first-order chi connectivity index (χ1) is 11.6. The summed E-state index contributed by atoms with van der Waals surface area (Å²) in [5.74, 6) is -0.602. The zero-order valence-corrected chi connectivity index (χ0v) is 13.9. The van der Waals surface area contributed by atoms with E-state index in [0.717, 1.165) is 24.3 Å². The number of amides is 2. The molecule has 1 aromatic rings. The molecule has 2 rings (SSSR count). The molecule has 0 saturated carbocycles. The van der Waals surface area contributed by atoms with Gasteiger partial charge in [0.1, 0.15) is 17.6 Å². The number of rotatable bonds is 6. The number of primary amides is 1. The second kappa shape index (κ2) is 7.48. The summed E-state index contributed by atoms with van der Waals surface area (Å²) in [4.78, 5) is 10.8. The molecule has 0 aliphatic carbocycles. The van der Waals surface area contributed by atoms with Crippen molar-refractivity contribution in [3.8, 4) is 5.75 Å². The van der Waals surface area contributed by atoms with E-state index in [4.69, 9.17) is 10.5 Å². The van der Waals surface area contributed by atoms with Gasteiger partial charge in [-0.25, -0.2) is 17.9 Å². The molecule has 11 heteroatoms. The van der Waals surface area contributed by atoms with Crippen LogP contribution in [-0.2, 0) is 16.2 Å². The molecular formula is C14H18F3N3O4S. The van der Waals surface area contributed by atoms with E-state index in [9.17, 15) is 26.4 Å². The maximum Gasteiger partial charge on any atom is 0.416 e. The number of nitrogens with one attached hydrogen (secondary N) is 2. The fraction of sp³-hybridized carbons (Fsp3) is 0.500. The molecule has 1 unspecified atom stereocenters. The molecule has 2 atom stereocenters. The molecule has 0 aromatic heterocycles. The Bertz CT molecular complexity index is 701. The van der Waals surface area contributed by atoms with Gasteiger partial charge in [0.25, 0.3) is 0 Å². The minimum absolute atomic E-state index is 0.110. The van der Waals surface area contributed by atoms with Crippen LogP contribution in [0.4, 0.5) is 18.0 Å². The molecule has 1 aliphatic heterocycles. The van der Waals surface area contributed by atoms with Crippen LogP contribution < -0.4 is 20.5 Å². The lowest BCUT2D eigenvalue weighted by molar-refractivity contribution is -0.137. The lowest BCUT2D eigenvalue weighted by Crippen LogP contribution is -2.43. The van der Waals surface area contributed by atoms with Crippen LogP contribution >= 0.6 is 0 Å². The Labute approximate surface area is 142 Å². The van der Waals surface area contributed by atoms with Gasteiger partial charge in [-0.05, 0) is 37.2 Å². The first-order valence-electron chi connectivity index (χ1n) is 7.41. The molecule has 1 aromatic carbocycles. The average Bonchev–Trinajstić information content (AvgIpc) is 2.98. The Morgan fingerprint density at radius 1 is 1.36 bits per heavy atom. The number of nitrogens with two attached hydrogens (primary N) is 1. The third-order valence-electron chi connectivity index (χ3n) is 3.73. The lowest BCUT2D eigenvalue weighted by atomic mass is 10.0. The summed E-state index contributed by atoms with van der Waals surface area (Å²) in [6.45, 7) is 1.16. The van der Waals surface area contributed by atoms with Crippen molar-refractivity contribution in [1.82, 2.24) is 10.0 Å². The SMILES string of the molecule is NC(=O)NS(=O)(=O)C[C@@H](Oc1ccc(C(F)(F)F)cc1)C1CCNC1. The molecule has 25 heavy (non-hydrogen) atoms. The number of sulfonamides is 1. The van der Waals surface area contributed by atoms with Crippen LogP contribution in [0.2, 0.25) is 0 Å². The zero-order valence-electron chi connectivity index (χ0n) is 13.0. The maximum atomic E-state index is 12.6. The van der Waals surface area contributed by atoms with Crippen LogP contribution in [0.5, 0.6) is 5.75 Å². The van der Waals surface area contributed by atoms with Crippen molar-refractivity contribution in [2.45, 2.75) is 18.7 Å². The van der Waals surface area contributed by atoms with Crippen LogP contribution in [0, 0.1) is 5.92 Å². The predicted octanol–water partition coefficient (Wildman–Crippen LogP) is 1.06. The van der Waals surface area contributed by atoms with Gasteiger partial charge in [-0.2, -0.15) is 13.2 Å². The smallest absolute Gasteiger partial charge is 0.416 e. The minimum Gasteiger partial charge on any atom is -0.489 e. The molecule has 1 heterocycles. The van der Waals surface area contributed by atoms with E-state index in [0.29, 0.717) is 19.5 Å². The number of hydrogen-bond donors (Lipinski definition) is 3. The van der Waals surface area contributed by atoms with E-state index in [1.807, 2.05) is 0 Å². The molecule has 0 bridgehead atoms.